The summed E-state index contributed by atoms with van der Waals surface area (Å²) in [7, 11) is 0. The molecule has 1 N–H and O–H groups in total. The molecule has 88 valence electrons. The number of nitrogens with zero attached hydrogens (tertiary/aromatic N) is 1. The summed E-state index contributed by atoms with van der Waals surface area (Å²) in [5.41, 5.74) is 0.800. The second-order valence-electron chi connectivity index (χ2n) is 4.27. The lowest BCUT2D eigenvalue weighted by molar-refractivity contribution is -0.138. The molecule has 17 heavy (non-hydrogen) atoms. The normalized spacial score (nSPS) is 22.6. The van der Waals surface area contributed by atoms with Gasteiger partial charge in [-0.1, -0.05) is 0 Å². The van der Waals surface area contributed by atoms with E-state index in [9.17, 15) is 4.79 Å². The summed E-state index contributed by atoms with van der Waals surface area (Å²) in [5, 5.41) is 11.7. The smallest absolute Gasteiger partial charge is 0.307 e. The maximum atomic E-state index is 10.8. The van der Waals surface area contributed by atoms with E-state index in [1.165, 1.54) is 11.3 Å². The molecule has 1 aliphatic rings. The Morgan fingerprint density at radius 1 is 1.59 bits per heavy atom. The highest BCUT2D eigenvalue weighted by molar-refractivity contribution is 7.10. The van der Waals surface area contributed by atoms with Gasteiger partial charge >= 0.3 is 5.97 Å². The molecule has 0 aromatic carbocycles. The Bertz CT molecular complexity index is 572. The van der Waals surface area contributed by atoms with Gasteiger partial charge in [-0.2, -0.15) is 0 Å². The summed E-state index contributed by atoms with van der Waals surface area (Å²) in [4.78, 5) is 15.2. The summed E-state index contributed by atoms with van der Waals surface area (Å²) >= 11 is 1.51. The number of aryl methyl sites for hydroxylation is 1. The molecule has 0 spiro atoms. The topological polar surface area (TPSA) is 63.3 Å². The molecule has 1 fully saturated rings. The van der Waals surface area contributed by atoms with Gasteiger partial charge in [-0.15, -0.1) is 11.3 Å². The second kappa shape index (κ2) is 3.70. The van der Waals surface area contributed by atoms with Gasteiger partial charge in [0.2, 0.25) is 0 Å². The molecule has 2 unspecified atom stereocenters. The molecule has 3 rings (SSSR count). The van der Waals surface area contributed by atoms with Crippen molar-refractivity contribution in [2.24, 2.45) is 5.92 Å². The van der Waals surface area contributed by atoms with E-state index in [2.05, 4.69) is 4.98 Å². The first-order valence-electron chi connectivity index (χ1n) is 5.40. The fourth-order valence-electron chi connectivity index (χ4n) is 1.88. The summed E-state index contributed by atoms with van der Waals surface area (Å²) in [5.74, 6) is 0.733. The maximum absolute atomic E-state index is 10.8. The van der Waals surface area contributed by atoms with Crippen molar-refractivity contribution in [2.75, 3.05) is 0 Å². The van der Waals surface area contributed by atoms with E-state index in [0.29, 0.717) is 6.42 Å². The molecule has 0 aliphatic heterocycles. The number of aliphatic carboxylic acids is 1. The predicted octanol–water partition coefficient (Wildman–Crippen LogP) is 2.90. The van der Waals surface area contributed by atoms with Gasteiger partial charge in [0.25, 0.3) is 0 Å². The van der Waals surface area contributed by atoms with Gasteiger partial charge in [0, 0.05) is 11.3 Å². The van der Waals surface area contributed by atoms with E-state index in [0.717, 1.165) is 22.2 Å². The SMILES string of the molecule is Cc1ccc(-c2csc(C3CC3C(=O)O)n2)o1. The Kier molecular flexibility index (Phi) is 2.29. The quantitative estimate of drug-likeness (QED) is 0.908. The number of carboxylic acids is 1. The largest absolute Gasteiger partial charge is 0.481 e. The fourth-order valence-corrected chi connectivity index (χ4v) is 2.87. The fraction of sp³-hybridized carbons (Fsp3) is 0.333. The highest BCUT2D eigenvalue weighted by Gasteiger charge is 2.46. The lowest BCUT2D eigenvalue weighted by Gasteiger charge is -1.90. The number of carboxylic acid groups (broad SMARTS) is 1. The van der Waals surface area contributed by atoms with E-state index >= 15 is 0 Å². The molecule has 0 saturated heterocycles. The molecule has 2 heterocycles. The lowest BCUT2D eigenvalue weighted by Crippen LogP contribution is -1.98. The minimum atomic E-state index is -0.722. The Hall–Kier alpha value is -1.62. The van der Waals surface area contributed by atoms with Crippen molar-refractivity contribution in [2.45, 2.75) is 19.3 Å². The average Bonchev–Trinajstić information content (AvgIpc) is 2.74. The first-order chi connectivity index (χ1) is 8.15. The van der Waals surface area contributed by atoms with Crippen molar-refractivity contribution in [3.63, 3.8) is 0 Å². The van der Waals surface area contributed by atoms with Gasteiger partial charge in [-0.3, -0.25) is 4.79 Å². The molecular formula is C12H11NO3S. The van der Waals surface area contributed by atoms with E-state index in [1.54, 1.807) is 0 Å². The van der Waals surface area contributed by atoms with Gasteiger partial charge in [-0.05, 0) is 25.5 Å². The van der Waals surface area contributed by atoms with Crippen LogP contribution in [0.1, 0.15) is 23.1 Å². The Morgan fingerprint density at radius 2 is 2.41 bits per heavy atom. The van der Waals surface area contributed by atoms with Crippen LogP contribution in [-0.4, -0.2) is 16.1 Å². The Balaban J connectivity index is 1.82. The molecule has 0 bridgehead atoms. The maximum Gasteiger partial charge on any atom is 0.307 e. The minimum Gasteiger partial charge on any atom is -0.481 e. The summed E-state index contributed by atoms with van der Waals surface area (Å²) in [6.45, 7) is 1.89. The number of hydrogen-bond acceptors (Lipinski definition) is 4. The zero-order valence-corrected chi connectivity index (χ0v) is 10.0. The number of hydrogen-bond donors (Lipinski definition) is 1. The third-order valence-corrected chi connectivity index (χ3v) is 3.92. The summed E-state index contributed by atoms with van der Waals surface area (Å²) in [6, 6.07) is 3.78. The van der Waals surface area contributed by atoms with Crippen LogP contribution in [0, 0.1) is 12.8 Å². The highest BCUT2D eigenvalue weighted by Crippen LogP contribution is 2.49. The van der Waals surface area contributed by atoms with Crippen LogP contribution in [0.3, 0.4) is 0 Å². The molecule has 1 saturated carbocycles. The molecular weight excluding hydrogens is 238 g/mol. The van der Waals surface area contributed by atoms with Gasteiger partial charge in [0.15, 0.2) is 5.76 Å². The van der Waals surface area contributed by atoms with Crippen molar-refractivity contribution >= 4 is 17.3 Å². The molecule has 0 amide bonds. The Labute approximate surface area is 102 Å². The first-order valence-corrected chi connectivity index (χ1v) is 6.28. The monoisotopic (exact) mass is 249 g/mol. The number of thiazole rings is 1. The van der Waals surface area contributed by atoms with Crippen molar-refractivity contribution in [1.29, 1.82) is 0 Å². The van der Waals surface area contributed by atoms with Crippen molar-refractivity contribution in [3.8, 4) is 11.5 Å². The highest BCUT2D eigenvalue weighted by atomic mass is 32.1. The van der Waals surface area contributed by atoms with Crippen LogP contribution in [0.4, 0.5) is 0 Å². The zero-order chi connectivity index (χ0) is 12.0. The van der Waals surface area contributed by atoms with Crippen molar-refractivity contribution in [1.82, 2.24) is 4.98 Å². The molecule has 2 atom stereocenters. The second-order valence-corrected chi connectivity index (χ2v) is 5.16. The van der Waals surface area contributed by atoms with E-state index < -0.39 is 5.97 Å². The third kappa shape index (κ3) is 1.86. The van der Waals surface area contributed by atoms with Gasteiger partial charge in [-0.25, -0.2) is 4.98 Å². The minimum absolute atomic E-state index is 0.0994. The van der Waals surface area contributed by atoms with Crippen molar-refractivity contribution in [3.05, 3.63) is 28.3 Å². The van der Waals surface area contributed by atoms with Crippen molar-refractivity contribution < 1.29 is 14.3 Å². The lowest BCUT2D eigenvalue weighted by atomic mass is 10.3. The van der Waals surface area contributed by atoms with Crippen LogP contribution in [-0.2, 0) is 4.79 Å². The molecule has 5 heteroatoms. The zero-order valence-electron chi connectivity index (χ0n) is 9.21. The van der Waals surface area contributed by atoms with E-state index in [-0.39, 0.29) is 11.8 Å². The van der Waals surface area contributed by atoms with Crippen LogP contribution >= 0.6 is 11.3 Å². The van der Waals surface area contributed by atoms with Crippen LogP contribution in [0.15, 0.2) is 21.9 Å². The predicted molar refractivity (Wildman–Crippen MR) is 63.0 cm³/mol. The molecule has 4 nitrogen and oxygen atoms in total. The van der Waals surface area contributed by atoms with Gasteiger partial charge < -0.3 is 9.52 Å². The van der Waals surface area contributed by atoms with Crippen LogP contribution in [0.2, 0.25) is 0 Å². The molecule has 2 aromatic heterocycles. The van der Waals surface area contributed by atoms with Crippen LogP contribution < -0.4 is 0 Å². The summed E-state index contributed by atoms with van der Waals surface area (Å²) < 4.78 is 5.49. The third-order valence-electron chi connectivity index (χ3n) is 2.94. The molecule has 1 aliphatic carbocycles. The first kappa shape index (κ1) is 10.5. The number of rotatable bonds is 3. The van der Waals surface area contributed by atoms with E-state index in [1.807, 2.05) is 24.4 Å². The number of carbonyl (C=O) groups is 1. The van der Waals surface area contributed by atoms with Gasteiger partial charge in [0.1, 0.15) is 11.5 Å². The van der Waals surface area contributed by atoms with Gasteiger partial charge in [0.05, 0.1) is 10.9 Å². The number of furan rings is 1. The van der Waals surface area contributed by atoms with Crippen LogP contribution in [0.25, 0.3) is 11.5 Å². The van der Waals surface area contributed by atoms with E-state index in [4.69, 9.17) is 9.52 Å². The Morgan fingerprint density at radius 3 is 3.00 bits per heavy atom. The molecule has 2 aromatic rings. The average molecular weight is 249 g/mol. The standard InChI is InChI=1S/C12H11NO3S/c1-6-2-3-10(16-6)9-5-17-11(13-9)7-4-8(7)12(14)15/h2-3,5,7-8H,4H2,1H3,(H,14,15). The van der Waals surface area contributed by atoms with Crippen LogP contribution in [0.5, 0.6) is 0 Å². The molecule has 0 radical (unpaired) electrons. The number of aromatic nitrogens is 1. The summed E-state index contributed by atoms with van der Waals surface area (Å²) in [6.07, 6.45) is 0.708.